The van der Waals surface area contributed by atoms with Gasteiger partial charge < -0.3 is 14.4 Å². The second kappa shape index (κ2) is 9.96. The van der Waals surface area contributed by atoms with Gasteiger partial charge in [0.05, 0.1) is 6.10 Å². The van der Waals surface area contributed by atoms with E-state index in [-0.39, 0.29) is 6.61 Å². The van der Waals surface area contributed by atoms with Crippen LogP contribution in [-0.2, 0) is 6.54 Å². The smallest absolute Gasteiger partial charge is 0.191 e. The molecule has 0 aliphatic rings. The van der Waals surface area contributed by atoms with Crippen molar-refractivity contribution in [3.05, 3.63) is 59.1 Å². The van der Waals surface area contributed by atoms with Crippen molar-refractivity contribution >= 4 is 23.4 Å². The van der Waals surface area contributed by atoms with Crippen molar-refractivity contribution in [1.82, 2.24) is 14.8 Å². The summed E-state index contributed by atoms with van der Waals surface area (Å²) in [5.74, 6) is 2.02. The van der Waals surface area contributed by atoms with Gasteiger partial charge in [-0.1, -0.05) is 54.0 Å². The summed E-state index contributed by atoms with van der Waals surface area (Å²) in [6.45, 7) is 5.23. The molecule has 1 N–H and O–H groups in total. The van der Waals surface area contributed by atoms with E-state index in [0.29, 0.717) is 16.5 Å². The van der Waals surface area contributed by atoms with Gasteiger partial charge in [-0.25, -0.2) is 0 Å². The molecule has 2 aromatic carbocycles. The zero-order chi connectivity index (χ0) is 19.9. The predicted octanol–water partition coefficient (Wildman–Crippen LogP) is 4.85. The number of aryl methyl sites for hydroxylation is 1. The Labute approximate surface area is 174 Å². The van der Waals surface area contributed by atoms with Crippen molar-refractivity contribution in [3.63, 3.8) is 0 Å². The molecule has 3 aromatic rings. The molecule has 3 rings (SSSR count). The van der Waals surface area contributed by atoms with Crippen LogP contribution in [0.3, 0.4) is 0 Å². The van der Waals surface area contributed by atoms with E-state index in [1.165, 1.54) is 17.3 Å². The van der Waals surface area contributed by atoms with E-state index in [1.807, 2.05) is 12.1 Å². The highest BCUT2D eigenvalue weighted by Crippen LogP contribution is 2.25. The summed E-state index contributed by atoms with van der Waals surface area (Å²) in [4.78, 5) is 0. The number of rotatable bonds is 9. The van der Waals surface area contributed by atoms with Crippen molar-refractivity contribution in [1.29, 1.82) is 0 Å². The molecule has 0 aliphatic heterocycles. The van der Waals surface area contributed by atoms with Crippen LogP contribution < -0.4 is 4.74 Å². The van der Waals surface area contributed by atoms with Gasteiger partial charge in [0.25, 0.3) is 0 Å². The number of hydrogen-bond donors (Lipinski definition) is 1. The van der Waals surface area contributed by atoms with Crippen LogP contribution in [0.4, 0.5) is 0 Å². The quantitative estimate of drug-likeness (QED) is 0.504. The SMILES string of the molecule is CCCn1c(SCC(O)COc2ccc(Cl)cc2)nnc1-c1cccc(C)c1. The monoisotopic (exact) mass is 417 g/mol. The van der Waals surface area contributed by atoms with Gasteiger partial charge in [-0.3, -0.25) is 0 Å². The molecule has 0 spiro atoms. The maximum absolute atomic E-state index is 10.3. The van der Waals surface area contributed by atoms with Gasteiger partial charge in [-0.05, 0) is 43.7 Å². The molecule has 0 fully saturated rings. The molecule has 28 heavy (non-hydrogen) atoms. The van der Waals surface area contributed by atoms with Crippen molar-refractivity contribution in [2.45, 2.75) is 38.1 Å². The minimum Gasteiger partial charge on any atom is -0.491 e. The molecule has 1 atom stereocenters. The molecule has 148 valence electrons. The third-order valence-corrected chi connectivity index (χ3v) is 5.46. The Balaban J connectivity index is 1.62. The Morgan fingerprint density at radius 1 is 1.18 bits per heavy atom. The van der Waals surface area contributed by atoms with E-state index in [4.69, 9.17) is 16.3 Å². The molecule has 0 bridgehead atoms. The Morgan fingerprint density at radius 2 is 1.96 bits per heavy atom. The average molecular weight is 418 g/mol. The fraction of sp³-hybridized carbons (Fsp3) is 0.333. The highest BCUT2D eigenvalue weighted by molar-refractivity contribution is 7.99. The van der Waals surface area contributed by atoms with E-state index in [2.05, 4.69) is 40.7 Å². The predicted molar refractivity (Wildman–Crippen MR) is 114 cm³/mol. The van der Waals surface area contributed by atoms with Gasteiger partial charge in [0.15, 0.2) is 11.0 Å². The fourth-order valence-corrected chi connectivity index (χ4v) is 3.76. The summed E-state index contributed by atoms with van der Waals surface area (Å²) >= 11 is 7.35. The topological polar surface area (TPSA) is 60.2 Å². The van der Waals surface area contributed by atoms with E-state index in [1.54, 1.807) is 24.3 Å². The summed E-state index contributed by atoms with van der Waals surface area (Å²) in [6.07, 6.45) is 0.363. The third-order valence-electron chi connectivity index (χ3n) is 4.10. The van der Waals surface area contributed by atoms with Gasteiger partial charge in [0, 0.05) is 22.9 Å². The lowest BCUT2D eigenvalue weighted by Crippen LogP contribution is -2.20. The lowest BCUT2D eigenvalue weighted by molar-refractivity contribution is 0.126. The van der Waals surface area contributed by atoms with E-state index in [9.17, 15) is 5.11 Å². The van der Waals surface area contributed by atoms with Crippen LogP contribution in [0, 0.1) is 6.92 Å². The fourth-order valence-electron chi connectivity index (χ4n) is 2.76. The molecule has 5 nitrogen and oxygen atoms in total. The zero-order valence-electron chi connectivity index (χ0n) is 16.0. The van der Waals surface area contributed by atoms with Crippen LogP contribution >= 0.6 is 23.4 Å². The van der Waals surface area contributed by atoms with Crippen molar-refractivity contribution in [2.24, 2.45) is 0 Å². The Kier molecular flexibility index (Phi) is 7.36. The molecule has 1 heterocycles. The molecule has 0 amide bonds. The molecular formula is C21H24ClN3O2S. The number of aliphatic hydroxyl groups excluding tert-OH is 1. The third kappa shape index (κ3) is 5.50. The van der Waals surface area contributed by atoms with Crippen LogP contribution in [0.15, 0.2) is 53.7 Å². The van der Waals surface area contributed by atoms with Crippen LogP contribution in [0.2, 0.25) is 5.02 Å². The van der Waals surface area contributed by atoms with Gasteiger partial charge >= 0.3 is 0 Å². The first-order chi connectivity index (χ1) is 13.6. The first-order valence-corrected chi connectivity index (χ1v) is 10.6. The molecule has 0 radical (unpaired) electrons. The number of halogens is 1. The van der Waals surface area contributed by atoms with Crippen molar-refractivity contribution < 1.29 is 9.84 Å². The minimum absolute atomic E-state index is 0.210. The first kappa shape index (κ1) is 20.7. The van der Waals surface area contributed by atoms with Crippen LogP contribution in [0.5, 0.6) is 5.75 Å². The van der Waals surface area contributed by atoms with Gasteiger partial charge in [-0.15, -0.1) is 10.2 Å². The molecule has 0 saturated heterocycles. The molecule has 7 heteroatoms. The summed E-state index contributed by atoms with van der Waals surface area (Å²) in [6, 6.07) is 15.3. The number of benzene rings is 2. The zero-order valence-corrected chi connectivity index (χ0v) is 17.6. The maximum Gasteiger partial charge on any atom is 0.191 e. The van der Waals surface area contributed by atoms with Gasteiger partial charge in [-0.2, -0.15) is 0 Å². The highest BCUT2D eigenvalue weighted by Gasteiger charge is 2.16. The molecule has 1 unspecified atom stereocenters. The summed E-state index contributed by atoms with van der Waals surface area (Å²) in [5.41, 5.74) is 2.24. The van der Waals surface area contributed by atoms with Crippen LogP contribution in [-0.4, -0.2) is 38.3 Å². The highest BCUT2D eigenvalue weighted by atomic mass is 35.5. The second-order valence-corrected chi connectivity index (χ2v) is 7.98. The van der Waals surface area contributed by atoms with E-state index < -0.39 is 6.10 Å². The van der Waals surface area contributed by atoms with E-state index in [0.717, 1.165) is 29.5 Å². The number of aromatic nitrogens is 3. The van der Waals surface area contributed by atoms with Crippen LogP contribution in [0.25, 0.3) is 11.4 Å². The minimum atomic E-state index is -0.616. The lowest BCUT2D eigenvalue weighted by atomic mass is 10.1. The Bertz CT molecular complexity index is 899. The molecule has 1 aromatic heterocycles. The lowest BCUT2D eigenvalue weighted by Gasteiger charge is -2.13. The number of hydrogen-bond acceptors (Lipinski definition) is 5. The Morgan fingerprint density at radius 3 is 2.68 bits per heavy atom. The largest absolute Gasteiger partial charge is 0.491 e. The maximum atomic E-state index is 10.3. The molecular weight excluding hydrogens is 394 g/mol. The molecule has 0 saturated carbocycles. The average Bonchev–Trinajstić information content (AvgIpc) is 3.09. The normalized spacial score (nSPS) is 12.1. The van der Waals surface area contributed by atoms with Gasteiger partial charge in [0.2, 0.25) is 0 Å². The van der Waals surface area contributed by atoms with E-state index >= 15 is 0 Å². The number of nitrogens with zero attached hydrogens (tertiary/aromatic N) is 3. The van der Waals surface area contributed by atoms with Crippen LogP contribution in [0.1, 0.15) is 18.9 Å². The number of ether oxygens (including phenoxy) is 1. The summed E-state index contributed by atoms with van der Waals surface area (Å²) in [7, 11) is 0. The summed E-state index contributed by atoms with van der Waals surface area (Å²) in [5, 5.41) is 20.5. The first-order valence-electron chi connectivity index (χ1n) is 9.26. The number of aliphatic hydroxyl groups is 1. The Hall–Kier alpha value is -2.02. The summed E-state index contributed by atoms with van der Waals surface area (Å²) < 4.78 is 7.73. The van der Waals surface area contributed by atoms with Crippen molar-refractivity contribution in [2.75, 3.05) is 12.4 Å². The van der Waals surface area contributed by atoms with Crippen molar-refractivity contribution in [3.8, 4) is 17.1 Å². The second-order valence-electron chi connectivity index (χ2n) is 6.56. The standard InChI is InChI=1S/C21H24ClN3O2S/c1-3-11-25-20(16-6-4-5-15(2)12-16)23-24-21(25)28-14-18(26)13-27-19-9-7-17(22)8-10-19/h4-10,12,18,26H,3,11,13-14H2,1-2H3. The van der Waals surface area contributed by atoms with Gasteiger partial charge in [0.1, 0.15) is 12.4 Å². The number of thioether (sulfide) groups is 1. The molecule has 0 aliphatic carbocycles.